The summed E-state index contributed by atoms with van der Waals surface area (Å²) in [7, 11) is 0. The summed E-state index contributed by atoms with van der Waals surface area (Å²) < 4.78 is 5.89. The van der Waals surface area contributed by atoms with Gasteiger partial charge in [0.25, 0.3) is 0 Å². The van der Waals surface area contributed by atoms with E-state index in [1.54, 1.807) is 13.0 Å². The molecular weight excluding hydrogens is 350 g/mol. The standard InChI is InChI=1S/C9H9AtO2/c1-2-12-9(11)7-5-3-4-6-8(7)10/h3-6H,2H2,1H3. The van der Waals surface area contributed by atoms with Crippen molar-refractivity contribution >= 4 is 9.24 Å². The number of carbonyl (C=O) groups is 1. The molecule has 0 saturated heterocycles. The molecule has 0 atom stereocenters. The van der Waals surface area contributed by atoms with Gasteiger partial charge in [0, 0.05) is 0 Å². The molecule has 0 unspecified atom stereocenters. The molecule has 0 aliphatic heterocycles. The van der Waals surface area contributed by atoms with Crippen LogP contribution in [0.5, 0.6) is 0 Å². The van der Waals surface area contributed by atoms with Gasteiger partial charge >= 0.3 is 86.9 Å². The van der Waals surface area contributed by atoms with Crippen LogP contribution in [-0.4, -0.2) is 12.6 Å². The van der Waals surface area contributed by atoms with Crippen molar-refractivity contribution in [2.75, 3.05) is 6.61 Å². The molecule has 1 rings (SSSR count). The van der Waals surface area contributed by atoms with E-state index in [1.807, 2.05) is 18.2 Å². The van der Waals surface area contributed by atoms with Gasteiger partial charge in [0.2, 0.25) is 0 Å². The fourth-order valence-electron chi connectivity index (χ4n) is 0.836. The van der Waals surface area contributed by atoms with Gasteiger partial charge in [-0.15, -0.1) is 0 Å². The van der Waals surface area contributed by atoms with E-state index in [-0.39, 0.29) is 5.97 Å². The first-order valence-electron chi connectivity index (χ1n) is 3.67. The Balaban J connectivity index is 2.87. The van der Waals surface area contributed by atoms with Crippen LogP contribution in [-0.2, 0) is 4.74 Å². The summed E-state index contributed by atoms with van der Waals surface area (Å²) in [5.41, 5.74) is 0.677. The number of rotatable bonds is 2. The summed E-state index contributed by atoms with van der Waals surface area (Å²) in [6.07, 6.45) is 0. The Morgan fingerprint density at radius 3 is 2.75 bits per heavy atom. The van der Waals surface area contributed by atoms with Gasteiger partial charge in [-0.3, -0.25) is 0 Å². The van der Waals surface area contributed by atoms with Crippen LogP contribution in [0.3, 0.4) is 0 Å². The fourth-order valence-corrected chi connectivity index (χ4v) is 1.66. The maximum atomic E-state index is 11.3. The first-order valence-corrected chi connectivity index (χ1v) is 5.14. The molecular formula is C9H9AtO2. The van der Waals surface area contributed by atoms with Crippen molar-refractivity contribution in [2.24, 2.45) is 0 Å². The second-order valence-electron chi connectivity index (χ2n) is 2.20. The van der Waals surface area contributed by atoms with Crippen molar-refractivity contribution in [1.82, 2.24) is 0 Å². The van der Waals surface area contributed by atoms with Crippen LogP contribution in [0.2, 0.25) is 0 Å². The van der Waals surface area contributed by atoms with Gasteiger partial charge in [0.15, 0.2) is 0 Å². The normalized spacial score (nSPS) is 9.50. The third kappa shape index (κ3) is 2.28. The molecule has 1 aromatic carbocycles. The van der Waals surface area contributed by atoms with Crippen LogP contribution in [0, 0.1) is 24.7 Å². The topological polar surface area (TPSA) is 26.3 Å². The molecule has 12 heavy (non-hydrogen) atoms. The van der Waals surface area contributed by atoms with Gasteiger partial charge in [-0.1, -0.05) is 0 Å². The van der Waals surface area contributed by atoms with E-state index in [0.717, 1.165) is 3.27 Å². The second kappa shape index (κ2) is 4.56. The first-order chi connectivity index (χ1) is 5.75. The Morgan fingerprint density at radius 1 is 1.50 bits per heavy atom. The number of esters is 1. The molecule has 0 bridgehead atoms. The van der Waals surface area contributed by atoms with Gasteiger partial charge in [0.05, 0.1) is 0 Å². The number of ether oxygens (including phenoxy) is 1. The molecule has 0 spiro atoms. The van der Waals surface area contributed by atoms with E-state index in [0.29, 0.717) is 12.2 Å². The molecule has 0 amide bonds. The predicted octanol–water partition coefficient (Wildman–Crippen LogP) is 1.04. The molecule has 1 aromatic rings. The zero-order chi connectivity index (χ0) is 8.97. The van der Waals surface area contributed by atoms with Crippen molar-refractivity contribution in [3.05, 3.63) is 29.8 Å². The minimum absolute atomic E-state index is 0.226. The Kier molecular flexibility index (Phi) is 3.67. The van der Waals surface area contributed by atoms with Crippen molar-refractivity contribution in [3.63, 3.8) is 0 Å². The monoisotopic (exact) mass is 359 g/mol. The number of benzene rings is 1. The number of hydrogen-bond donors (Lipinski definition) is 0. The Bertz CT molecular complexity index is 284. The summed E-state index contributed by atoms with van der Waals surface area (Å²) in [4.78, 5) is 11.3. The summed E-state index contributed by atoms with van der Waals surface area (Å²) in [6.45, 7) is 2.24. The molecule has 0 aliphatic carbocycles. The molecule has 0 N–H and O–H groups in total. The van der Waals surface area contributed by atoms with Gasteiger partial charge in [-0.25, -0.2) is 0 Å². The molecule has 0 aliphatic rings. The Hall–Kier alpha value is -0.427. The first kappa shape index (κ1) is 9.66. The summed E-state index contributed by atoms with van der Waals surface area (Å²) in [5, 5.41) is 0. The van der Waals surface area contributed by atoms with Gasteiger partial charge < -0.3 is 0 Å². The number of carbonyl (C=O) groups excluding carboxylic acids is 1. The van der Waals surface area contributed by atoms with Crippen LogP contribution < -0.4 is 3.27 Å². The Labute approximate surface area is 86.8 Å². The quantitative estimate of drug-likeness (QED) is 0.738. The van der Waals surface area contributed by atoms with E-state index < -0.39 is 0 Å². The SMILES string of the molecule is CCOC(=O)c1ccccc1[At]. The molecule has 0 radical (unpaired) electrons. The summed E-state index contributed by atoms with van der Waals surface area (Å²) in [5.74, 6) is -0.226. The molecule has 2 nitrogen and oxygen atoms in total. The summed E-state index contributed by atoms with van der Waals surface area (Å²) in [6, 6.07) is 7.46. The van der Waals surface area contributed by atoms with Crippen LogP contribution >= 0.6 is 0 Å². The molecule has 3 heteroatoms. The molecule has 0 saturated carbocycles. The zero-order valence-corrected chi connectivity index (χ0v) is 9.65. The molecule has 0 heterocycles. The van der Waals surface area contributed by atoms with Crippen LogP contribution in [0.1, 0.15) is 17.3 Å². The summed E-state index contributed by atoms with van der Waals surface area (Å²) >= 11 is 1.49. The van der Waals surface area contributed by atoms with Crippen LogP contribution in [0.4, 0.5) is 0 Å². The zero-order valence-electron chi connectivity index (χ0n) is 6.71. The average Bonchev–Trinajstić information content (AvgIpc) is 2.05. The predicted molar refractivity (Wildman–Crippen MR) is 42.0 cm³/mol. The van der Waals surface area contributed by atoms with Crippen LogP contribution in [0.25, 0.3) is 0 Å². The van der Waals surface area contributed by atoms with Crippen molar-refractivity contribution in [3.8, 4) is 0 Å². The number of hydrogen-bond acceptors (Lipinski definition) is 2. The van der Waals surface area contributed by atoms with E-state index in [1.165, 1.54) is 24.7 Å². The fraction of sp³-hybridized carbons (Fsp3) is 0.222. The van der Waals surface area contributed by atoms with E-state index in [2.05, 4.69) is 0 Å². The van der Waals surface area contributed by atoms with Gasteiger partial charge in [-0.2, -0.15) is 0 Å². The molecule has 0 fully saturated rings. The van der Waals surface area contributed by atoms with Crippen LogP contribution in [0.15, 0.2) is 24.3 Å². The van der Waals surface area contributed by atoms with Crippen molar-refractivity contribution < 1.29 is 34.3 Å². The third-order valence-corrected chi connectivity index (χ3v) is 2.65. The third-order valence-electron chi connectivity index (χ3n) is 1.37. The minimum atomic E-state index is -0.226. The van der Waals surface area contributed by atoms with E-state index >= 15 is 0 Å². The molecule has 64 valence electrons. The maximum absolute atomic E-state index is 11.3. The van der Waals surface area contributed by atoms with Gasteiger partial charge in [-0.05, 0) is 0 Å². The second-order valence-corrected chi connectivity index (χ2v) is 3.78. The van der Waals surface area contributed by atoms with E-state index in [9.17, 15) is 4.79 Å². The van der Waals surface area contributed by atoms with Crippen molar-refractivity contribution in [1.29, 1.82) is 0 Å². The van der Waals surface area contributed by atoms with Crippen molar-refractivity contribution in [2.45, 2.75) is 6.92 Å². The van der Waals surface area contributed by atoms with Gasteiger partial charge in [0.1, 0.15) is 0 Å². The van der Waals surface area contributed by atoms with E-state index in [4.69, 9.17) is 4.74 Å². The molecule has 0 aromatic heterocycles. The Morgan fingerprint density at radius 2 is 2.17 bits per heavy atom. The average molecular weight is 359 g/mol.